The second-order valence-corrected chi connectivity index (χ2v) is 6.68. The van der Waals surface area contributed by atoms with Crippen molar-refractivity contribution in [1.29, 1.82) is 0 Å². The van der Waals surface area contributed by atoms with Gasteiger partial charge in [-0.1, -0.05) is 36.0 Å². The minimum Gasteiger partial charge on any atom is -0.356 e. The number of aryl methyl sites for hydroxylation is 1. The highest BCUT2D eigenvalue weighted by Gasteiger charge is 2.24. The molecule has 1 aromatic carbocycles. The fourth-order valence-corrected chi connectivity index (χ4v) is 3.52. The number of hydroxylamine groups is 1. The summed E-state index contributed by atoms with van der Waals surface area (Å²) >= 11 is 1.37. The van der Waals surface area contributed by atoms with Gasteiger partial charge in [0.25, 0.3) is 0 Å². The first-order chi connectivity index (χ1) is 12.2. The molecule has 3 rings (SSSR count). The molecule has 0 fully saturated rings. The lowest BCUT2D eigenvalue weighted by atomic mass is 10.1. The second kappa shape index (κ2) is 8.13. The topological polar surface area (TPSA) is 113 Å². The van der Waals surface area contributed by atoms with Crippen molar-refractivity contribution in [2.45, 2.75) is 30.8 Å². The number of hydrogen-bond acceptors (Lipinski definition) is 7. The Morgan fingerprint density at radius 1 is 1.44 bits per heavy atom. The quantitative estimate of drug-likeness (QED) is 0.236. The van der Waals surface area contributed by atoms with Crippen molar-refractivity contribution >= 4 is 23.5 Å². The average Bonchev–Trinajstić information content (AvgIpc) is 3.23. The molecule has 3 N–H and O–H groups in total. The number of nitrogens with one attached hydrogen (secondary N) is 2. The number of amidine groups is 1. The zero-order valence-electron chi connectivity index (χ0n) is 13.7. The molecule has 0 spiro atoms. The van der Waals surface area contributed by atoms with Gasteiger partial charge in [0, 0.05) is 19.2 Å². The number of amides is 1. The van der Waals surface area contributed by atoms with Crippen LogP contribution in [0.15, 0.2) is 38.9 Å². The molecule has 0 saturated carbocycles. The molecule has 8 nitrogen and oxygen atoms in total. The minimum atomic E-state index is -0.0849. The number of carbonyl (C=O) groups is 1. The average molecular weight is 361 g/mol. The van der Waals surface area contributed by atoms with Crippen LogP contribution in [0, 0.1) is 0 Å². The Labute approximate surface area is 149 Å². The molecule has 1 aliphatic rings. The van der Waals surface area contributed by atoms with E-state index in [0.29, 0.717) is 23.0 Å². The van der Waals surface area contributed by atoms with Gasteiger partial charge in [0.2, 0.25) is 5.91 Å². The molecule has 132 valence electrons. The summed E-state index contributed by atoms with van der Waals surface area (Å²) in [5, 5.41) is 20.4. The van der Waals surface area contributed by atoms with E-state index in [9.17, 15) is 10.0 Å². The fourth-order valence-electron chi connectivity index (χ4n) is 2.76. The molecule has 1 unspecified atom stereocenters. The van der Waals surface area contributed by atoms with Gasteiger partial charge in [-0.25, -0.2) is 4.63 Å². The molecule has 25 heavy (non-hydrogen) atoms. The number of rotatable bonds is 6. The van der Waals surface area contributed by atoms with Gasteiger partial charge in [0.1, 0.15) is 0 Å². The third kappa shape index (κ3) is 4.18. The van der Waals surface area contributed by atoms with Gasteiger partial charge in [-0.2, -0.15) is 0 Å². The number of thioether (sulfide) groups is 1. The summed E-state index contributed by atoms with van der Waals surface area (Å²) < 4.78 is 4.80. The highest BCUT2D eigenvalue weighted by Crippen LogP contribution is 2.34. The third-order valence-electron chi connectivity index (χ3n) is 3.89. The molecular weight excluding hydrogens is 342 g/mol. The maximum atomic E-state index is 10.9. The van der Waals surface area contributed by atoms with E-state index in [1.54, 1.807) is 0 Å². The maximum Gasteiger partial charge on any atom is 0.216 e. The SMILES string of the molecule is CC(=O)NCCSc1nonc1C(=NC1CCc2ccccc21)NO. The summed E-state index contributed by atoms with van der Waals surface area (Å²) in [6, 6.07) is 8.11. The number of aliphatic imine (C=N–C) groups is 1. The molecule has 1 heterocycles. The van der Waals surface area contributed by atoms with Gasteiger partial charge in [0.05, 0.1) is 6.04 Å². The van der Waals surface area contributed by atoms with Crippen molar-refractivity contribution in [3.8, 4) is 0 Å². The molecule has 9 heteroatoms. The number of aromatic nitrogens is 2. The predicted octanol–water partition coefficient (Wildman–Crippen LogP) is 1.71. The van der Waals surface area contributed by atoms with Crippen LogP contribution in [-0.2, 0) is 11.2 Å². The number of nitrogens with zero attached hydrogens (tertiary/aromatic N) is 3. The molecule has 1 amide bonds. The number of hydrogen-bond donors (Lipinski definition) is 3. The Morgan fingerprint density at radius 3 is 3.08 bits per heavy atom. The fraction of sp³-hybridized carbons (Fsp3) is 0.375. The lowest BCUT2D eigenvalue weighted by Gasteiger charge is -2.09. The zero-order chi connectivity index (χ0) is 17.6. The van der Waals surface area contributed by atoms with Crippen molar-refractivity contribution in [3.63, 3.8) is 0 Å². The monoisotopic (exact) mass is 361 g/mol. The van der Waals surface area contributed by atoms with Crippen molar-refractivity contribution < 1.29 is 14.6 Å². The van der Waals surface area contributed by atoms with E-state index in [1.807, 2.05) is 12.1 Å². The van der Waals surface area contributed by atoms with E-state index < -0.39 is 0 Å². The van der Waals surface area contributed by atoms with E-state index >= 15 is 0 Å². The molecule has 1 aromatic heterocycles. The first-order valence-electron chi connectivity index (χ1n) is 7.95. The lowest BCUT2D eigenvalue weighted by Crippen LogP contribution is -2.23. The molecule has 0 saturated heterocycles. The Hall–Kier alpha value is -2.39. The normalized spacial score (nSPS) is 16.6. The minimum absolute atomic E-state index is 0.0419. The van der Waals surface area contributed by atoms with Crippen LogP contribution in [-0.4, -0.2) is 39.6 Å². The molecule has 1 atom stereocenters. The summed E-state index contributed by atoms with van der Waals surface area (Å²) in [6.45, 7) is 1.97. The number of fused-ring (bicyclic) bond motifs is 1. The summed E-state index contributed by atoms with van der Waals surface area (Å²) in [7, 11) is 0. The van der Waals surface area contributed by atoms with Crippen molar-refractivity contribution in [1.82, 2.24) is 21.1 Å². The van der Waals surface area contributed by atoms with Gasteiger partial charge in [0.15, 0.2) is 16.6 Å². The first-order valence-corrected chi connectivity index (χ1v) is 8.93. The van der Waals surface area contributed by atoms with Crippen LogP contribution in [0.25, 0.3) is 0 Å². The van der Waals surface area contributed by atoms with Crippen LogP contribution in [0.2, 0.25) is 0 Å². The van der Waals surface area contributed by atoms with E-state index in [2.05, 4.69) is 38.2 Å². The largest absolute Gasteiger partial charge is 0.356 e. The van der Waals surface area contributed by atoms with Crippen LogP contribution in [0.3, 0.4) is 0 Å². The summed E-state index contributed by atoms with van der Waals surface area (Å²) in [6.07, 6.45) is 1.83. The second-order valence-electron chi connectivity index (χ2n) is 5.59. The Balaban J connectivity index is 1.74. The van der Waals surface area contributed by atoms with E-state index in [4.69, 9.17) is 4.63 Å². The number of benzene rings is 1. The lowest BCUT2D eigenvalue weighted by molar-refractivity contribution is -0.118. The zero-order valence-corrected chi connectivity index (χ0v) is 14.5. The van der Waals surface area contributed by atoms with Crippen LogP contribution >= 0.6 is 11.8 Å². The van der Waals surface area contributed by atoms with Gasteiger partial charge in [-0.15, -0.1) is 0 Å². The summed E-state index contributed by atoms with van der Waals surface area (Å²) in [5.74, 6) is 0.745. The van der Waals surface area contributed by atoms with E-state index in [-0.39, 0.29) is 17.8 Å². The standard InChI is InChI=1S/C16H19N5O3S/c1-10(22)17-8-9-25-16-14(20-24-21-16)15(19-23)18-13-7-6-11-4-2-3-5-12(11)13/h2-5,13,23H,6-9H2,1H3,(H,17,22)(H,18,19). The third-order valence-corrected chi connectivity index (χ3v) is 4.84. The van der Waals surface area contributed by atoms with Crippen LogP contribution < -0.4 is 10.8 Å². The Bertz CT molecular complexity index is 777. The van der Waals surface area contributed by atoms with Crippen molar-refractivity contribution in [2.75, 3.05) is 12.3 Å². The van der Waals surface area contributed by atoms with Crippen molar-refractivity contribution in [3.05, 3.63) is 41.1 Å². The molecule has 0 bridgehead atoms. The van der Waals surface area contributed by atoms with Gasteiger partial charge >= 0.3 is 0 Å². The molecule has 2 aromatic rings. The molecule has 0 radical (unpaired) electrons. The van der Waals surface area contributed by atoms with Crippen LogP contribution in [0.5, 0.6) is 0 Å². The maximum absolute atomic E-state index is 10.9. The smallest absolute Gasteiger partial charge is 0.216 e. The first kappa shape index (κ1) is 17.4. The molecule has 1 aliphatic carbocycles. The number of carbonyl (C=O) groups excluding carboxylic acids is 1. The van der Waals surface area contributed by atoms with Crippen LogP contribution in [0.4, 0.5) is 0 Å². The van der Waals surface area contributed by atoms with Gasteiger partial charge < -0.3 is 5.32 Å². The summed E-state index contributed by atoms with van der Waals surface area (Å²) in [4.78, 5) is 15.5. The molecule has 0 aliphatic heterocycles. The molecular formula is C16H19N5O3S. The highest BCUT2D eigenvalue weighted by atomic mass is 32.2. The van der Waals surface area contributed by atoms with Gasteiger partial charge in [-0.3, -0.25) is 20.5 Å². The van der Waals surface area contributed by atoms with Crippen molar-refractivity contribution in [2.24, 2.45) is 4.99 Å². The Kier molecular flexibility index (Phi) is 5.67. The predicted molar refractivity (Wildman–Crippen MR) is 92.7 cm³/mol. The van der Waals surface area contributed by atoms with Gasteiger partial charge in [-0.05, 0) is 34.3 Å². The van der Waals surface area contributed by atoms with E-state index in [1.165, 1.54) is 24.2 Å². The highest BCUT2D eigenvalue weighted by molar-refractivity contribution is 7.99. The van der Waals surface area contributed by atoms with Crippen LogP contribution in [0.1, 0.15) is 36.2 Å². The van der Waals surface area contributed by atoms with E-state index in [0.717, 1.165) is 18.4 Å². The Morgan fingerprint density at radius 2 is 2.28 bits per heavy atom. The summed E-state index contributed by atoms with van der Waals surface area (Å²) in [5.41, 5.74) is 4.91.